The summed E-state index contributed by atoms with van der Waals surface area (Å²) in [5, 5.41) is 15.6. The summed E-state index contributed by atoms with van der Waals surface area (Å²) < 4.78 is 11.5. The standard InChI is InChI=1S/C24H22ClN3O5S/c1-2-32-23-13-17(14-26-27-24(29)16-34-21-9-7-19(25)8-10-21)6-11-22(23)33-15-18-4-3-5-20(12-18)28(30)31/h3-14H,2,15-16H2,1H3,(H,27,29)/b26-14-. The number of amides is 1. The van der Waals surface area contributed by atoms with Gasteiger partial charge in [-0.2, -0.15) is 5.10 Å². The Morgan fingerprint density at radius 3 is 2.65 bits per heavy atom. The molecule has 0 saturated heterocycles. The number of carbonyl (C=O) groups is 1. The van der Waals surface area contributed by atoms with Gasteiger partial charge >= 0.3 is 0 Å². The van der Waals surface area contributed by atoms with Crippen LogP contribution in [0.3, 0.4) is 0 Å². The molecule has 0 aromatic heterocycles. The summed E-state index contributed by atoms with van der Waals surface area (Å²) in [6.07, 6.45) is 1.51. The summed E-state index contributed by atoms with van der Waals surface area (Å²) >= 11 is 7.24. The molecule has 34 heavy (non-hydrogen) atoms. The zero-order valence-corrected chi connectivity index (χ0v) is 19.8. The van der Waals surface area contributed by atoms with Gasteiger partial charge in [-0.15, -0.1) is 11.8 Å². The molecule has 0 aliphatic heterocycles. The van der Waals surface area contributed by atoms with Gasteiger partial charge in [-0.3, -0.25) is 14.9 Å². The minimum absolute atomic E-state index is 0.00584. The first kappa shape index (κ1) is 25.1. The van der Waals surface area contributed by atoms with Crippen LogP contribution in [0.15, 0.2) is 76.7 Å². The van der Waals surface area contributed by atoms with Gasteiger partial charge in [0.2, 0.25) is 5.91 Å². The maximum Gasteiger partial charge on any atom is 0.269 e. The largest absolute Gasteiger partial charge is 0.490 e. The fourth-order valence-electron chi connectivity index (χ4n) is 2.80. The minimum atomic E-state index is -0.446. The number of hydrogen-bond donors (Lipinski definition) is 1. The van der Waals surface area contributed by atoms with E-state index in [-0.39, 0.29) is 24.0 Å². The van der Waals surface area contributed by atoms with Crippen molar-refractivity contribution >= 4 is 41.2 Å². The van der Waals surface area contributed by atoms with Gasteiger partial charge in [-0.1, -0.05) is 23.7 Å². The van der Waals surface area contributed by atoms with Crippen LogP contribution in [0.4, 0.5) is 5.69 Å². The van der Waals surface area contributed by atoms with Crippen molar-refractivity contribution in [3.8, 4) is 11.5 Å². The zero-order valence-electron chi connectivity index (χ0n) is 18.3. The van der Waals surface area contributed by atoms with E-state index in [0.717, 1.165) is 4.90 Å². The smallest absolute Gasteiger partial charge is 0.269 e. The summed E-state index contributed by atoms with van der Waals surface area (Å²) in [5.74, 6) is 0.974. The number of ether oxygens (including phenoxy) is 2. The SMILES string of the molecule is CCOc1cc(/C=N\NC(=O)CSc2ccc(Cl)cc2)ccc1OCc1cccc([N+](=O)[O-])c1. The van der Waals surface area contributed by atoms with Crippen LogP contribution in [0.5, 0.6) is 11.5 Å². The van der Waals surface area contributed by atoms with Crippen molar-refractivity contribution in [1.29, 1.82) is 0 Å². The number of nitro groups is 1. The number of nitrogens with zero attached hydrogens (tertiary/aromatic N) is 2. The first-order chi connectivity index (χ1) is 16.4. The third-order valence-electron chi connectivity index (χ3n) is 4.37. The number of hydrazone groups is 1. The summed E-state index contributed by atoms with van der Waals surface area (Å²) in [6.45, 7) is 2.42. The summed E-state index contributed by atoms with van der Waals surface area (Å²) in [7, 11) is 0. The second kappa shape index (κ2) is 12.6. The maximum atomic E-state index is 12.0. The second-order valence-electron chi connectivity index (χ2n) is 6.89. The van der Waals surface area contributed by atoms with E-state index in [9.17, 15) is 14.9 Å². The van der Waals surface area contributed by atoms with E-state index in [4.69, 9.17) is 21.1 Å². The van der Waals surface area contributed by atoms with Crippen LogP contribution >= 0.6 is 23.4 Å². The van der Waals surface area contributed by atoms with Crippen LogP contribution in [0, 0.1) is 10.1 Å². The Morgan fingerprint density at radius 2 is 1.91 bits per heavy atom. The molecular formula is C24H22ClN3O5S. The van der Waals surface area contributed by atoms with Gasteiger partial charge in [-0.25, -0.2) is 5.43 Å². The Morgan fingerprint density at radius 1 is 1.12 bits per heavy atom. The lowest BCUT2D eigenvalue weighted by Gasteiger charge is -2.12. The summed E-state index contributed by atoms with van der Waals surface area (Å²) in [5.41, 5.74) is 3.88. The van der Waals surface area contributed by atoms with Crippen molar-refractivity contribution in [1.82, 2.24) is 5.43 Å². The zero-order chi connectivity index (χ0) is 24.3. The van der Waals surface area contributed by atoms with Crippen molar-refractivity contribution < 1.29 is 19.2 Å². The molecule has 0 radical (unpaired) electrons. The van der Waals surface area contributed by atoms with Crippen molar-refractivity contribution in [2.75, 3.05) is 12.4 Å². The van der Waals surface area contributed by atoms with Crippen molar-refractivity contribution in [2.24, 2.45) is 5.10 Å². The minimum Gasteiger partial charge on any atom is -0.490 e. The van der Waals surface area contributed by atoms with Crippen LogP contribution in [0.25, 0.3) is 0 Å². The number of nitrogens with one attached hydrogen (secondary N) is 1. The number of non-ortho nitro benzene ring substituents is 1. The fourth-order valence-corrected chi connectivity index (χ4v) is 3.62. The van der Waals surface area contributed by atoms with E-state index in [0.29, 0.717) is 34.3 Å². The van der Waals surface area contributed by atoms with Crippen LogP contribution in [-0.2, 0) is 11.4 Å². The van der Waals surface area contributed by atoms with Gasteiger partial charge in [0.15, 0.2) is 11.5 Å². The van der Waals surface area contributed by atoms with Crippen LogP contribution in [0.2, 0.25) is 5.02 Å². The van der Waals surface area contributed by atoms with E-state index in [1.807, 2.05) is 19.1 Å². The molecule has 1 amide bonds. The lowest BCUT2D eigenvalue weighted by atomic mass is 10.2. The highest BCUT2D eigenvalue weighted by Crippen LogP contribution is 2.29. The maximum absolute atomic E-state index is 12.0. The van der Waals surface area contributed by atoms with Crippen molar-refractivity contribution in [3.63, 3.8) is 0 Å². The van der Waals surface area contributed by atoms with E-state index >= 15 is 0 Å². The van der Waals surface area contributed by atoms with Crippen molar-refractivity contribution in [3.05, 3.63) is 93.0 Å². The van der Waals surface area contributed by atoms with Gasteiger partial charge in [-0.05, 0) is 60.5 Å². The molecule has 3 rings (SSSR count). The quantitative estimate of drug-likeness (QED) is 0.162. The highest BCUT2D eigenvalue weighted by Gasteiger charge is 2.09. The topological polar surface area (TPSA) is 103 Å². The Bertz CT molecular complexity index is 1170. The second-order valence-corrected chi connectivity index (χ2v) is 8.38. The molecule has 0 atom stereocenters. The summed E-state index contributed by atoms with van der Waals surface area (Å²) in [4.78, 5) is 23.5. The average molecular weight is 500 g/mol. The fraction of sp³-hybridized carbons (Fsp3) is 0.167. The number of carbonyl (C=O) groups excluding carboxylic acids is 1. The molecule has 0 fully saturated rings. The molecule has 0 bridgehead atoms. The number of thioether (sulfide) groups is 1. The molecule has 0 heterocycles. The predicted molar refractivity (Wildman–Crippen MR) is 133 cm³/mol. The molecular weight excluding hydrogens is 478 g/mol. The number of rotatable bonds is 11. The molecule has 0 saturated carbocycles. The molecule has 1 N–H and O–H groups in total. The predicted octanol–water partition coefficient (Wildman–Crippen LogP) is 5.47. The van der Waals surface area contributed by atoms with Gasteiger partial charge in [0.25, 0.3) is 5.69 Å². The number of benzene rings is 3. The molecule has 10 heteroatoms. The molecule has 3 aromatic rings. The Kier molecular flexibility index (Phi) is 9.30. The number of halogens is 1. The number of nitro benzene ring substituents is 1. The molecule has 0 unspecified atom stereocenters. The van der Waals surface area contributed by atoms with Gasteiger partial charge in [0.1, 0.15) is 6.61 Å². The first-order valence-electron chi connectivity index (χ1n) is 10.3. The van der Waals surface area contributed by atoms with Crippen LogP contribution < -0.4 is 14.9 Å². The molecule has 176 valence electrons. The Hall–Kier alpha value is -3.56. The van der Waals surface area contributed by atoms with Gasteiger partial charge in [0.05, 0.1) is 23.5 Å². The van der Waals surface area contributed by atoms with E-state index in [1.54, 1.807) is 42.5 Å². The van der Waals surface area contributed by atoms with Crippen LogP contribution in [0.1, 0.15) is 18.1 Å². The van der Waals surface area contributed by atoms with E-state index < -0.39 is 4.92 Å². The lowest BCUT2D eigenvalue weighted by Crippen LogP contribution is -2.19. The molecule has 3 aromatic carbocycles. The number of hydrogen-bond acceptors (Lipinski definition) is 7. The normalized spacial score (nSPS) is 10.8. The molecule has 0 aliphatic carbocycles. The van der Waals surface area contributed by atoms with Crippen LogP contribution in [-0.4, -0.2) is 29.4 Å². The first-order valence-corrected chi connectivity index (χ1v) is 11.6. The Balaban J connectivity index is 1.56. The van der Waals surface area contributed by atoms with E-state index in [2.05, 4.69) is 10.5 Å². The van der Waals surface area contributed by atoms with E-state index in [1.165, 1.54) is 30.1 Å². The third kappa shape index (κ3) is 7.79. The van der Waals surface area contributed by atoms with Gasteiger partial charge < -0.3 is 9.47 Å². The Labute approximate surface area is 206 Å². The van der Waals surface area contributed by atoms with Crippen molar-refractivity contribution in [2.45, 2.75) is 18.4 Å². The lowest BCUT2D eigenvalue weighted by molar-refractivity contribution is -0.384. The molecule has 8 nitrogen and oxygen atoms in total. The average Bonchev–Trinajstić information content (AvgIpc) is 2.83. The molecule has 0 spiro atoms. The summed E-state index contributed by atoms with van der Waals surface area (Å²) in [6, 6.07) is 18.7. The van der Waals surface area contributed by atoms with Gasteiger partial charge in [0, 0.05) is 22.1 Å². The molecule has 0 aliphatic rings. The third-order valence-corrected chi connectivity index (χ3v) is 5.63. The highest BCUT2D eigenvalue weighted by molar-refractivity contribution is 8.00. The highest BCUT2D eigenvalue weighted by atomic mass is 35.5. The monoisotopic (exact) mass is 499 g/mol.